The number of carbonyl (C=O) groups is 4. The number of ether oxygens (including phenoxy) is 1. The van der Waals surface area contributed by atoms with Crippen molar-refractivity contribution in [3.05, 3.63) is 71.3 Å². The zero-order valence-corrected chi connectivity index (χ0v) is 18.6. The van der Waals surface area contributed by atoms with E-state index in [4.69, 9.17) is 15.6 Å². The minimum Gasteiger partial charge on any atom is -0.478 e. The molecular formula is C24H29N3O6. The lowest BCUT2D eigenvalue weighted by molar-refractivity contribution is -0.128. The Bertz CT molecular complexity index is 960. The topological polar surface area (TPSA) is 148 Å². The van der Waals surface area contributed by atoms with Crippen LogP contribution in [0.25, 0.3) is 0 Å². The molecule has 9 nitrogen and oxygen atoms in total. The summed E-state index contributed by atoms with van der Waals surface area (Å²) < 4.78 is 5.20. The van der Waals surface area contributed by atoms with E-state index in [1.807, 2.05) is 44.2 Å². The number of carboxylic acid groups (broad SMARTS) is 1. The van der Waals surface area contributed by atoms with Crippen molar-refractivity contribution in [3.8, 4) is 0 Å². The highest BCUT2D eigenvalue weighted by Crippen LogP contribution is 2.10. The van der Waals surface area contributed by atoms with Crippen molar-refractivity contribution in [2.75, 3.05) is 0 Å². The summed E-state index contributed by atoms with van der Waals surface area (Å²) in [7, 11) is 0. The van der Waals surface area contributed by atoms with E-state index in [2.05, 4.69) is 10.6 Å². The maximum Gasteiger partial charge on any atom is 0.408 e. The van der Waals surface area contributed by atoms with Crippen LogP contribution in [0.5, 0.6) is 0 Å². The first-order valence-corrected chi connectivity index (χ1v) is 10.5. The van der Waals surface area contributed by atoms with Crippen LogP contribution in [-0.4, -0.2) is 41.1 Å². The number of rotatable bonds is 11. The number of primary amides is 1. The second-order valence-corrected chi connectivity index (χ2v) is 8.06. The Kier molecular flexibility index (Phi) is 9.41. The van der Waals surface area contributed by atoms with E-state index in [0.29, 0.717) is 12.0 Å². The van der Waals surface area contributed by atoms with Crippen molar-refractivity contribution < 1.29 is 29.0 Å². The second-order valence-electron chi connectivity index (χ2n) is 8.06. The highest BCUT2D eigenvalue weighted by Gasteiger charge is 2.27. The lowest BCUT2D eigenvalue weighted by Gasteiger charge is -2.23. The van der Waals surface area contributed by atoms with Crippen LogP contribution in [-0.2, 0) is 27.4 Å². The maximum atomic E-state index is 12.9. The fourth-order valence-electron chi connectivity index (χ4n) is 3.12. The van der Waals surface area contributed by atoms with Crippen molar-refractivity contribution in [3.63, 3.8) is 0 Å². The van der Waals surface area contributed by atoms with Crippen LogP contribution in [0.3, 0.4) is 0 Å². The van der Waals surface area contributed by atoms with Gasteiger partial charge in [0.05, 0.1) is 5.56 Å². The molecule has 0 bridgehead atoms. The molecule has 2 aromatic rings. The van der Waals surface area contributed by atoms with Crippen LogP contribution < -0.4 is 16.4 Å². The molecule has 3 amide bonds. The molecular weight excluding hydrogens is 426 g/mol. The van der Waals surface area contributed by atoms with Gasteiger partial charge in [0.1, 0.15) is 18.7 Å². The minimum atomic E-state index is -1.07. The molecule has 0 fully saturated rings. The normalized spacial score (nSPS) is 12.5. The molecule has 33 heavy (non-hydrogen) atoms. The molecule has 0 spiro atoms. The Morgan fingerprint density at radius 2 is 1.55 bits per heavy atom. The maximum absolute atomic E-state index is 12.9. The minimum absolute atomic E-state index is 0.0545. The standard InChI is InChI=1S/C24H29N3O6/c1-15(2)12-20(27-24(32)33-14-17-6-4-3-5-7-17)22(29)26-19(21(25)28)13-16-8-10-18(11-9-16)23(30)31/h3-11,15,19-20H,12-14H2,1-2H3,(H2,25,28)(H,26,29)(H,27,32)(H,30,31)/t19-,20-/m0/s1. The van der Waals surface area contributed by atoms with Crippen LogP contribution in [0.2, 0.25) is 0 Å². The lowest BCUT2D eigenvalue weighted by atomic mass is 10.0. The number of amides is 3. The summed E-state index contributed by atoms with van der Waals surface area (Å²) in [6.07, 6.45) is -0.349. The number of carboxylic acids is 1. The van der Waals surface area contributed by atoms with Gasteiger partial charge in [-0.2, -0.15) is 0 Å². The fourth-order valence-corrected chi connectivity index (χ4v) is 3.12. The van der Waals surface area contributed by atoms with E-state index in [0.717, 1.165) is 5.56 Å². The summed E-state index contributed by atoms with van der Waals surface area (Å²) in [6, 6.07) is 13.1. The van der Waals surface area contributed by atoms with Gasteiger partial charge in [0.15, 0.2) is 0 Å². The van der Waals surface area contributed by atoms with Crippen LogP contribution in [0, 0.1) is 5.92 Å². The molecule has 0 unspecified atom stereocenters. The Morgan fingerprint density at radius 1 is 0.909 bits per heavy atom. The number of benzene rings is 2. The Hall–Kier alpha value is -3.88. The lowest BCUT2D eigenvalue weighted by Crippen LogP contribution is -2.54. The summed E-state index contributed by atoms with van der Waals surface area (Å²) in [6.45, 7) is 3.85. The van der Waals surface area contributed by atoms with Gasteiger partial charge in [-0.3, -0.25) is 9.59 Å². The SMILES string of the molecule is CC(C)C[C@H](NC(=O)OCc1ccccc1)C(=O)N[C@@H](Cc1ccc(C(=O)O)cc1)C(N)=O. The van der Waals surface area contributed by atoms with Gasteiger partial charge in [-0.1, -0.05) is 56.3 Å². The molecule has 176 valence electrons. The van der Waals surface area contributed by atoms with E-state index < -0.39 is 36.0 Å². The van der Waals surface area contributed by atoms with Gasteiger partial charge in [-0.05, 0) is 35.6 Å². The van der Waals surface area contributed by atoms with Crippen molar-refractivity contribution >= 4 is 23.9 Å². The molecule has 0 aliphatic rings. The first-order chi connectivity index (χ1) is 15.7. The molecule has 2 rings (SSSR count). The third-order valence-corrected chi connectivity index (χ3v) is 4.83. The molecule has 0 aliphatic heterocycles. The summed E-state index contributed by atoms with van der Waals surface area (Å²) in [5, 5.41) is 14.1. The van der Waals surface area contributed by atoms with Gasteiger partial charge < -0.3 is 26.2 Å². The summed E-state index contributed by atoms with van der Waals surface area (Å²) in [5.41, 5.74) is 7.00. The predicted molar refractivity (Wildman–Crippen MR) is 121 cm³/mol. The molecule has 2 atom stereocenters. The van der Waals surface area contributed by atoms with Gasteiger partial charge in [0, 0.05) is 6.42 Å². The first kappa shape index (κ1) is 25.4. The molecule has 2 aromatic carbocycles. The molecule has 0 aliphatic carbocycles. The quantitative estimate of drug-likeness (QED) is 0.408. The molecule has 0 aromatic heterocycles. The monoisotopic (exact) mass is 455 g/mol. The number of hydrogen-bond acceptors (Lipinski definition) is 5. The summed E-state index contributed by atoms with van der Waals surface area (Å²) >= 11 is 0. The van der Waals surface area contributed by atoms with Crippen LogP contribution in [0.15, 0.2) is 54.6 Å². The second kappa shape index (κ2) is 12.2. The molecule has 0 radical (unpaired) electrons. The zero-order chi connectivity index (χ0) is 24.4. The molecule has 0 saturated carbocycles. The largest absolute Gasteiger partial charge is 0.478 e. The van der Waals surface area contributed by atoms with Crippen molar-refractivity contribution in [1.82, 2.24) is 10.6 Å². The number of alkyl carbamates (subject to hydrolysis) is 1. The molecule has 5 N–H and O–H groups in total. The number of nitrogens with two attached hydrogens (primary N) is 1. The summed E-state index contributed by atoms with van der Waals surface area (Å²) in [5.74, 6) is -2.30. The Balaban J connectivity index is 2.01. The number of carbonyl (C=O) groups excluding carboxylic acids is 3. The van der Waals surface area contributed by atoms with Crippen molar-refractivity contribution in [2.24, 2.45) is 11.7 Å². The molecule has 0 heterocycles. The van der Waals surface area contributed by atoms with Crippen LogP contribution >= 0.6 is 0 Å². The molecule has 0 saturated heterocycles. The summed E-state index contributed by atoms with van der Waals surface area (Å²) in [4.78, 5) is 48.1. The Labute approximate surface area is 192 Å². The third-order valence-electron chi connectivity index (χ3n) is 4.83. The van der Waals surface area contributed by atoms with Crippen molar-refractivity contribution in [2.45, 2.75) is 45.4 Å². The highest BCUT2D eigenvalue weighted by molar-refractivity contribution is 5.91. The van der Waals surface area contributed by atoms with Crippen LogP contribution in [0.4, 0.5) is 4.79 Å². The van der Waals surface area contributed by atoms with Crippen molar-refractivity contribution in [1.29, 1.82) is 0 Å². The first-order valence-electron chi connectivity index (χ1n) is 10.5. The number of hydrogen-bond donors (Lipinski definition) is 4. The average molecular weight is 456 g/mol. The van der Waals surface area contributed by atoms with E-state index in [9.17, 15) is 19.2 Å². The predicted octanol–water partition coefficient (Wildman–Crippen LogP) is 2.24. The highest BCUT2D eigenvalue weighted by atomic mass is 16.5. The van der Waals surface area contributed by atoms with E-state index in [-0.39, 0.29) is 24.5 Å². The van der Waals surface area contributed by atoms with Gasteiger partial charge in [-0.15, -0.1) is 0 Å². The van der Waals surface area contributed by atoms with Gasteiger partial charge >= 0.3 is 12.1 Å². The number of nitrogens with one attached hydrogen (secondary N) is 2. The fraction of sp³-hybridized carbons (Fsp3) is 0.333. The van der Waals surface area contributed by atoms with E-state index in [1.165, 1.54) is 12.1 Å². The van der Waals surface area contributed by atoms with Crippen LogP contribution in [0.1, 0.15) is 41.8 Å². The van der Waals surface area contributed by atoms with E-state index in [1.54, 1.807) is 12.1 Å². The van der Waals surface area contributed by atoms with E-state index >= 15 is 0 Å². The van der Waals surface area contributed by atoms with Gasteiger partial charge in [0.25, 0.3) is 0 Å². The Morgan fingerprint density at radius 3 is 2.09 bits per heavy atom. The zero-order valence-electron chi connectivity index (χ0n) is 18.6. The molecule has 9 heteroatoms. The van der Waals surface area contributed by atoms with Gasteiger partial charge in [-0.25, -0.2) is 9.59 Å². The van der Waals surface area contributed by atoms with Gasteiger partial charge in [0.2, 0.25) is 11.8 Å². The smallest absolute Gasteiger partial charge is 0.408 e. The number of aromatic carboxylic acids is 1. The average Bonchev–Trinajstić information content (AvgIpc) is 2.77. The third kappa shape index (κ3) is 8.64.